The Labute approximate surface area is 139 Å². The van der Waals surface area contributed by atoms with E-state index in [-0.39, 0.29) is 0 Å². The Balaban J connectivity index is 1.58. The number of halogens is 3. The van der Waals surface area contributed by atoms with Gasteiger partial charge in [-0.3, -0.25) is 4.90 Å². The van der Waals surface area contributed by atoms with E-state index in [0.717, 1.165) is 41.7 Å². The Kier molecular flexibility index (Phi) is 4.89. The Morgan fingerprint density at radius 1 is 1.21 bits per heavy atom. The minimum atomic E-state index is -4.11. The molecule has 0 radical (unpaired) electrons. The first-order chi connectivity index (χ1) is 11.4. The molecule has 1 saturated heterocycles. The van der Waals surface area contributed by atoms with E-state index in [1.165, 1.54) is 11.2 Å². The van der Waals surface area contributed by atoms with E-state index in [2.05, 4.69) is 15.3 Å². The number of nitrogens with zero attached hydrogens (tertiary/aromatic N) is 3. The lowest BCUT2D eigenvalue weighted by Gasteiger charge is -2.32. The summed E-state index contributed by atoms with van der Waals surface area (Å²) in [6.45, 7) is 2.93. The molecule has 7 heteroatoms. The number of benzene rings is 1. The molecule has 3 rings (SSSR count). The molecule has 1 aromatic carbocycles. The van der Waals surface area contributed by atoms with Gasteiger partial charge in [0.2, 0.25) is 0 Å². The van der Waals surface area contributed by atoms with Gasteiger partial charge in [0.1, 0.15) is 12.1 Å². The number of nitrogens with one attached hydrogen (secondary N) is 1. The van der Waals surface area contributed by atoms with E-state index in [9.17, 15) is 13.2 Å². The van der Waals surface area contributed by atoms with Crippen molar-refractivity contribution in [3.8, 4) is 0 Å². The minimum Gasteiger partial charge on any atom is -0.369 e. The van der Waals surface area contributed by atoms with Crippen LogP contribution in [0.25, 0.3) is 10.9 Å². The van der Waals surface area contributed by atoms with Gasteiger partial charge >= 0.3 is 6.18 Å². The molecule has 1 N–H and O–H groups in total. The zero-order chi connectivity index (χ0) is 17.2. The second kappa shape index (κ2) is 6.93. The first kappa shape index (κ1) is 17.0. The zero-order valence-corrected chi connectivity index (χ0v) is 13.6. The second-order valence-corrected chi connectivity index (χ2v) is 6.41. The van der Waals surface area contributed by atoms with Crippen LogP contribution in [-0.2, 0) is 0 Å². The van der Waals surface area contributed by atoms with Gasteiger partial charge in [-0.2, -0.15) is 13.2 Å². The summed E-state index contributed by atoms with van der Waals surface area (Å²) in [4.78, 5) is 10.1. The number of aryl methyl sites for hydroxylation is 1. The van der Waals surface area contributed by atoms with E-state index in [1.54, 1.807) is 0 Å². The predicted octanol–water partition coefficient (Wildman–Crippen LogP) is 3.62. The van der Waals surface area contributed by atoms with Crippen molar-refractivity contribution in [1.29, 1.82) is 0 Å². The predicted molar refractivity (Wildman–Crippen MR) is 88.0 cm³/mol. The fourth-order valence-electron chi connectivity index (χ4n) is 3.26. The van der Waals surface area contributed by atoms with E-state index in [1.807, 2.05) is 25.1 Å². The minimum absolute atomic E-state index is 0.364. The van der Waals surface area contributed by atoms with Crippen molar-refractivity contribution in [2.24, 2.45) is 5.92 Å². The van der Waals surface area contributed by atoms with Crippen molar-refractivity contribution in [1.82, 2.24) is 14.9 Å². The largest absolute Gasteiger partial charge is 0.401 e. The van der Waals surface area contributed by atoms with Gasteiger partial charge in [0.05, 0.1) is 12.1 Å². The highest BCUT2D eigenvalue weighted by Gasteiger charge is 2.32. The third-order valence-electron chi connectivity index (χ3n) is 4.54. The van der Waals surface area contributed by atoms with Crippen molar-refractivity contribution in [2.75, 3.05) is 31.5 Å². The lowest BCUT2D eigenvalue weighted by molar-refractivity contribution is -0.148. The van der Waals surface area contributed by atoms with Crippen LogP contribution in [0, 0.1) is 12.8 Å². The molecule has 0 atom stereocenters. The van der Waals surface area contributed by atoms with Crippen molar-refractivity contribution in [3.05, 3.63) is 30.1 Å². The SMILES string of the molecule is Cc1cccc2ncnc(NCC3CCN(CC(F)(F)F)CC3)c12. The summed E-state index contributed by atoms with van der Waals surface area (Å²) in [7, 11) is 0. The molecule has 1 aromatic heterocycles. The van der Waals surface area contributed by atoms with Crippen LogP contribution in [-0.4, -0.2) is 47.2 Å². The van der Waals surface area contributed by atoms with Gasteiger partial charge in [-0.15, -0.1) is 0 Å². The van der Waals surface area contributed by atoms with Gasteiger partial charge in [0.15, 0.2) is 0 Å². The Bertz CT molecular complexity index is 689. The van der Waals surface area contributed by atoms with Crippen LogP contribution in [0.5, 0.6) is 0 Å². The Morgan fingerprint density at radius 2 is 1.96 bits per heavy atom. The maximum absolute atomic E-state index is 12.4. The highest BCUT2D eigenvalue weighted by Crippen LogP contribution is 2.25. The van der Waals surface area contributed by atoms with Gasteiger partial charge in [-0.1, -0.05) is 12.1 Å². The average molecular weight is 338 g/mol. The summed E-state index contributed by atoms with van der Waals surface area (Å²) in [5.41, 5.74) is 2.00. The summed E-state index contributed by atoms with van der Waals surface area (Å²) in [6.07, 6.45) is -1.03. The van der Waals surface area contributed by atoms with E-state index >= 15 is 0 Å². The van der Waals surface area contributed by atoms with E-state index in [0.29, 0.717) is 19.0 Å². The monoisotopic (exact) mass is 338 g/mol. The molecule has 0 amide bonds. The third-order valence-corrected chi connectivity index (χ3v) is 4.54. The van der Waals surface area contributed by atoms with Crippen LogP contribution in [0.3, 0.4) is 0 Å². The van der Waals surface area contributed by atoms with Crippen LogP contribution >= 0.6 is 0 Å². The molecule has 0 saturated carbocycles. The fraction of sp³-hybridized carbons (Fsp3) is 0.529. The molecule has 2 heterocycles. The molecule has 130 valence electrons. The Morgan fingerprint density at radius 3 is 2.67 bits per heavy atom. The second-order valence-electron chi connectivity index (χ2n) is 6.41. The summed E-state index contributed by atoms with van der Waals surface area (Å²) < 4.78 is 37.3. The normalized spacial score (nSPS) is 17.3. The van der Waals surface area contributed by atoms with Crippen LogP contribution in [0.2, 0.25) is 0 Å². The van der Waals surface area contributed by atoms with Gasteiger partial charge in [-0.05, 0) is 50.4 Å². The zero-order valence-electron chi connectivity index (χ0n) is 13.6. The number of piperidine rings is 1. The van der Waals surface area contributed by atoms with Crippen LogP contribution in [0.4, 0.5) is 19.0 Å². The molecule has 0 spiro atoms. The van der Waals surface area contributed by atoms with Gasteiger partial charge in [0.25, 0.3) is 0 Å². The summed E-state index contributed by atoms with van der Waals surface area (Å²) in [5, 5.41) is 4.38. The molecule has 1 fully saturated rings. The average Bonchev–Trinajstić information content (AvgIpc) is 2.53. The molecule has 1 aliphatic heterocycles. The van der Waals surface area contributed by atoms with Crippen molar-refractivity contribution >= 4 is 16.7 Å². The molecule has 24 heavy (non-hydrogen) atoms. The lowest BCUT2D eigenvalue weighted by atomic mass is 9.96. The number of fused-ring (bicyclic) bond motifs is 1. The molecular formula is C17H21F3N4. The summed E-state index contributed by atoms with van der Waals surface area (Å²) in [6, 6.07) is 5.93. The number of rotatable bonds is 4. The summed E-state index contributed by atoms with van der Waals surface area (Å²) >= 11 is 0. The lowest BCUT2D eigenvalue weighted by Crippen LogP contribution is -2.41. The fourth-order valence-corrected chi connectivity index (χ4v) is 3.26. The van der Waals surface area contributed by atoms with Crippen LogP contribution < -0.4 is 5.32 Å². The van der Waals surface area contributed by atoms with E-state index < -0.39 is 12.7 Å². The maximum Gasteiger partial charge on any atom is 0.401 e. The molecular weight excluding hydrogens is 317 g/mol. The van der Waals surface area contributed by atoms with E-state index in [4.69, 9.17) is 0 Å². The van der Waals surface area contributed by atoms with Gasteiger partial charge in [-0.25, -0.2) is 9.97 Å². The summed E-state index contributed by atoms with van der Waals surface area (Å²) in [5.74, 6) is 1.17. The first-order valence-corrected chi connectivity index (χ1v) is 8.16. The third kappa shape index (κ3) is 4.14. The van der Waals surface area contributed by atoms with Gasteiger partial charge in [0, 0.05) is 11.9 Å². The highest BCUT2D eigenvalue weighted by molar-refractivity contribution is 5.91. The van der Waals surface area contributed by atoms with Crippen molar-refractivity contribution in [3.63, 3.8) is 0 Å². The standard InChI is InChI=1S/C17H21F3N4/c1-12-3-2-4-14-15(12)16(23-11-22-14)21-9-13-5-7-24(8-6-13)10-17(18,19)20/h2-4,11,13H,5-10H2,1H3,(H,21,22,23). The number of alkyl halides is 3. The van der Waals surface area contributed by atoms with Gasteiger partial charge < -0.3 is 5.32 Å². The Hall–Kier alpha value is -1.89. The number of anilines is 1. The molecule has 1 aliphatic rings. The van der Waals surface area contributed by atoms with Crippen LogP contribution in [0.15, 0.2) is 24.5 Å². The van der Waals surface area contributed by atoms with Crippen LogP contribution in [0.1, 0.15) is 18.4 Å². The number of hydrogen-bond acceptors (Lipinski definition) is 4. The molecule has 0 bridgehead atoms. The molecule has 0 aliphatic carbocycles. The molecule has 4 nitrogen and oxygen atoms in total. The topological polar surface area (TPSA) is 41.1 Å². The smallest absolute Gasteiger partial charge is 0.369 e. The highest BCUT2D eigenvalue weighted by atomic mass is 19.4. The molecule has 0 unspecified atom stereocenters. The number of likely N-dealkylation sites (tertiary alicyclic amines) is 1. The number of aromatic nitrogens is 2. The first-order valence-electron chi connectivity index (χ1n) is 8.16. The number of hydrogen-bond donors (Lipinski definition) is 1. The van der Waals surface area contributed by atoms with Crippen molar-refractivity contribution < 1.29 is 13.2 Å². The maximum atomic E-state index is 12.4. The van der Waals surface area contributed by atoms with Crippen molar-refractivity contribution in [2.45, 2.75) is 25.9 Å². The quantitative estimate of drug-likeness (QED) is 0.924. The molecule has 2 aromatic rings.